The van der Waals surface area contributed by atoms with Gasteiger partial charge in [0.1, 0.15) is 10.6 Å². The molecular formula is C22H20N2O2S. The van der Waals surface area contributed by atoms with E-state index in [0.717, 1.165) is 38.1 Å². The summed E-state index contributed by atoms with van der Waals surface area (Å²) in [5.41, 5.74) is 2.92. The number of thiophene rings is 1. The first-order valence-electron chi connectivity index (χ1n) is 8.86. The number of amides is 1. The van der Waals surface area contributed by atoms with Crippen LogP contribution in [0.4, 0.5) is 5.69 Å². The van der Waals surface area contributed by atoms with Crippen molar-refractivity contribution in [3.63, 3.8) is 0 Å². The average Bonchev–Trinajstić information content (AvgIpc) is 3.09. The van der Waals surface area contributed by atoms with Gasteiger partial charge in [-0.05, 0) is 55.8 Å². The van der Waals surface area contributed by atoms with E-state index in [1.165, 1.54) is 11.3 Å². The Labute approximate surface area is 162 Å². The van der Waals surface area contributed by atoms with Gasteiger partial charge < -0.3 is 9.64 Å². The molecule has 0 radical (unpaired) electrons. The molecule has 2 heterocycles. The quantitative estimate of drug-likeness (QED) is 0.477. The lowest BCUT2D eigenvalue weighted by Gasteiger charge is -2.20. The van der Waals surface area contributed by atoms with Crippen LogP contribution in [0.3, 0.4) is 0 Å². The Hall–Kier alpha value is -2.92. The highest BCUT2D eigenvalue weighted by Crippen LogP contribution is 2.30. The number of aryl methyl sites for hydroxylation is 1. The maximum atomic E-state index is 13.1. The van der Waals surface area contributed by atoms with Crippen LogP contribution in [0.15, 0.2) is 54.6 Å². The lowest BCUT2D eigenvalue weighted by Crippen LogP contribution is -2.29. The van der Waals surface area contributed by atoms with E-state index in [1.54, 1.807) is 12.0 Å². The van der Waals surface area contributed by atoms with E-state index >= 15 is 0 Å². The van der Waals surface area contributed by atoms with Crippen LogP contribution in [0.2, 0.25) is 0 Å². The van der Waals surface area contributed by atoms with Crippen LogP contribution in [0, 0.1) is 6.92 Å². The van der Waals surface area contributed by atoms with E-state index in [9.17, 15) is 4.79 Å². The number of methoxy groups -OCH3 is 1. The predicted molar refractivity (Wildman–Crippen MR) is 112 cm³/mol. The van der Waals surface area contributed by atoms with Gasteiger partial charge in [0.2, 0.25) is 0 Å². The lowest BCUT2D eigenvalue weighted by atomic mass is 10.1. The number of hydrogen-bond donors (Lipinski definition) is 0. The number of ether oxygens (including phenoxy) is 1. The number of nitrogens with zero attached hydrogens (tertiary/aromatic N) is 2. The van der Waals surface area contributed by atoms with Gasteiger partial charge in [-0.15, -0.1) is 11.3 Å². The standard InChI is InChI=1S/C22H20N2O2S/c1-4-24(17-7-5-6-14(2)10-17)22(25)20-12-16-11-15-8-9-18(26-3)13-19(15)23-21(16)27-20/h5-13H,4H2,1-3H3. The number of fused-ring (bicyclic) bond motifs is 2. The Kier molecular flexibility index (Phi) is 4.54. The molecule has 0 aliphatic heterocycles. The van der Waals surface area contributed by atoms with Crippen LogP contribution in [0.1, 0.15) is 22.2 Å². The summed E-state index contributed by atoms with van der Waals surface area (Å²) in [5, 5.41) is 2.02. The van der Waals surface area contributed by atoms with Crippen molar-refractivity contribution in [1.82, 2.24) is 4.98 Å². The Balaban J connectivity index is 1.76. The summed E-state index contributed by atoms with van der Waals surface area (Å²) >= 11 is 1.43. The highest BCUT2D eigenvalue weighted by molar-refractivity contribution is 7.20. The lowest BCUT2D eigenvalue weighted by molar-refractivity contribution is 0.0992. The molecule has 136 valence electrons. The van der Waals surface area contributed by atoms with E-state index in [2.05, 4.69) is 6.07 Å². The molecule has 2 aromatic heterocycles. The van der Waals surface area contributed by atoms with Gasteiger partial charge >= 0.3 is 0 Å². The van der Waals surface area contributed by atoms with E-state index in [1.807, 2.05) is 62.4 Å². The van der Waals surface area contributed by atoms with Gasteiger partial charge in [-0.3, -0.25) is 4.79 Å². The van der Waals surface area contributed by atoms with E-state index in [-0.39, 0.29) is 5.91 Å². The molecule has 0 N–H and O–H groups in total. The third kappa shape index (κ3) is 3.26. The zero-order valence-corrected chi connectivity index (χ0v) is 16.3. The summed E-state index contributed by atoms with van der Waals surface area (Å²) in [7, 11) is 1.65. The molecule has 4 aromatic rings. The Morgan fingerprint density at radius 2 is 1.96 bits per heavy atom. The van der Waals surface area contributed by atoms with Crippen molar-refractivity contribution in [1.29, 1.82) is 0 Å². The number of rotatable bonds is 4. The minimum absolute atomic E-state index is 0.00716. The highest BCUT2D eigenvalue weighted by atomic mass is 32.1. The Morgan fingerprint density at radius 3 is 2.70 bits per heavy atom. The van der Waals surface area contributed by atoms with E-state index < -0.39 is 0 Å². The number of aromatic nitrogens is 1. The molecule has 2 aromatic carbocycles. The number of hydrogen-bond acceptors (Lipinski definition) is 4. The molecule has 27 heavy (non-hydrogen) atoms. The summed E-state index contributed by atoms with van der Waals surface area (Å²) in [6, 6.07) is 17.9. The number of pyridine rings is 1. The van der Waals surface area contributed by atoms with Crippen molar-refractivity contribution in [2.24, 2.45) is 0 Å². The Bertz CT molecular complexity index is 1150. The van der Waals surface area contributed by atoms with Crippen LogP contribution in [0.5, 0.6) is 5.75 Å². The first-order valence-corrected chi connectivity index (χ1v) is 9.67. The van der Waals surface area contributed by atoms with Gasteiger partial charge in [0.05, 0.1) is 17.5 Å². The van der Waals surface area contributed by atoms with Crippen LogP contribution in [-0.2, 0) is 0 Å². The van der Waals surface area contributed by atoms with Gasteiger partial charge in [-0.25, -0.2) is 4.98 Å². The summed E-state index contributed by atoms with van der Waals surface area (Å²) in [5.74, 6) is 0.784. The minimum atomic E-state index is 0.00716. The second kappa shape index (κ2) is 7.00. The predicted octanol–water partition coefficient (Wildman–Crippen LogP) is 5.43. The third-order valence-corrected chi connectivity index (χ3v) is 5.63. The van der Waals surface area contributed by atoms with Gasteiger partial charge in [-0.2, -0.15) is 0 Å². The molecular weight excluding hydrogens is 356 g/mol. The normalized spacial score (nSPS) is 11.1. The SMILES string of the molecule is CCN(C(=O)c1cc2cc3ccc(OC)cc3nc2s1)c1cccc(C)c1. The molecule has 4 rings (SSSR count). The molecule has 4 nitrogen and oxygen atoms in total. The number of carbonyl (C=O) groups excluding carboxylic acids is 1. The fourth-order valence-corrected chi connectivity index (χ4v) is 4.18. The molecule has 0 unspecified atom stereocenters. The van der Waals surface area contributed by atoms with Gasteiger partial charge in [-0.1, -0.05) is 12.1 Å². The fraction of sp³-hybridized carbons (Fsp3) is 0.182. The van der Waals surface area contributed by atoms with Crippen LogP contribution >= 0.6 is 11.3 Å². The van der Waals surface area contributed by atoms with Crippen molar-refractivity contribution in [3.8, 4) is 5.75 Å². The first-order chi connectivity index (χ1) is 13.1. The zero-order chi connectivity index (χ0) is 19.0. The molecule has 0 saturated heterocycles. The summed E-state index contributed by atoms with van der Waals surface area (Å²) in [6.45, 7) is 4.64. The van der Waals surface area contributed by atoms with Gasteiger partial charge in [0.25, 0.3) is 5.91 Å². The highest BCUT2D eigenvalue weighted by Gasteiger charge is 2.19. The number of carbonyl (C=O) groups is 1. The zero-order valence-electron chi connectivity index (χ0n) is 15.5. The molecule has 1 amide bonds. The van der Waals surface area contributed by atoms with Crippen molar-refractivity contribution >= 4 is 44.1 Å². The van der Waals surface area contributed by atoms with Crippen LogP contribution in [-0.4, -0.2) is 24.5 Å². The fourth-order valence-electron chi connectivity index (χ4n) is 3.21. The molecule has 0 spiro atoms. The topological polar surface area (TPSA) is 42.4 Å². The number of anilines is 1. The van der Waals surface area contributed by atoms with E-state index in [4.69, 9.17) is 9.72 Å². The summed E-state index contributed by atoms with van der Waals surface area (Å²) in [4.78, 5) is 21.2. The average molecular weight is 376 g/mol. The molecule has 0 aliphatic rings. The maximum absolute atomic E-state index is 13.1. The van der Waals surface area contributed by atoms with Crippen LogP contribution < -0.4 is 9.64 Å². The van der Waals surface area contributed by atoms with Gasteiger partial charge in [0.15, 0.2) is 0 Å². The molecule has 0 bridgehead atoms. The second-order valence-corrected chi connectivity index (χ2v) is 7.47. The smallest absolute Gasteiger partial charge is 0.268 e. The minimum Gasteiger partial charge on any atom is -0.497 e. The van der Waals surface area contributed by atoms with Crippen molar-refractivity contribution in [2.75, 3.05) is 18.6 Å². The Morgan fingerprint density at radius 1 is 1.11 bits per heavy atom. The van der Waals surface area contributed by atoms with Crippen molar-refractivity contribution < 1.29 is 9.53 Å². The van der Waals surface area contributed by atoms with Crippen LogP contribution in [0.25, 0.3) is 21.1 Å². The second-order valence-electron chi connectivity index (χ2n) is 6.44. The number of benzene rings is 2. The first kappa shape index (κ1) is 17.5. The van der Waals surface area contributed by atoms with Crippen molar-refractivity contribution in [3.05, 3.63) is 65.0 Å². The molecule has 0 fully saturated rings. The van der Waals surface area contributed by atoms with Gasteiger partial charge in [0, 0.05) is 29.1 Å². The third-order valence-electron chi connectivity index (χ3n) is 4.60. The maximum Gasteiger partial charge on any atom is 0.268 e. The molecule has 5 heteroatoms. The summed E-state index contributed by atoms with van der Waals surface area (Å²) < 4.78 is 5.29. The molecule has 0 atom stereocenters. The summed E-state index contributed by atoms with van der Waals surface area (Å²) in [6.07, 6.45) is 0. The largest absolute Gasteiger partial charge is 0.497 e. The van der Waals surface area contributed by atoms with E-state index in [0.29, 0.717) is 11.4 Å². The monoisotopic (exact) mass is 376 g/mol. The molecule has 0 aliphatic carbocycles. The van der Waals surface area contributed by atoms with Crippen molar-refractivity contribution in [2.45, 2.75) is 13.8 Å². The molecule has 0 saturated carbocycles.